The van der Waals surface area contributed by atoms with Crippen LogP contribution in [-0.4, -0.2) is 27.3 Å². The van der Waals surface area contributed by atoms with Gasteiger partial charge in [0.15, 0.2) is 0 Å². The Morgan fingerprint density at radius 1 is 1.56 bits per heavy atom. The molecule has 0 aromatic heterocycles. The van der Waals surface area contributed by atoms with Crippen LogP contribution in [0.25, 0.3) is 0 Å². The Labute approximate surface area is 96.6 Å². The van der Waals surface area contributed by atoms with Crippen molar-refractivity contribution in [1.29, 1.82) is 0 Å². The molecular weight excluding hydrogens is 226 g/mol. The van der Waals surface area contributed by atoms with Gasteiger partial charge in [-0.05, 0) is 12.5 Å². The van der Waals surface area contributed by atoms with Crippen molar-refractivity contribution in [1.82, 2.24) is 4.72 Å². The van der Waals surface area contributed by atoms with E-state index >= 15 is 0 Å². The minimum Gasteiger partial charge on any atom is -0.399 e. The van der Waals surface area contributed by atoms with Gasteiger partial charge in [-0.15, -0.1) is 0 Å². The fourth-order valence-corrected chi connectivity index (χ4v) is 2.18. The van der Waals surface area contributed by atoms with Crippen molar-refractivity contribution in [2.24, 2.45) is 16.9 Å². The molecule has 6 heteroatoms. The topological polar surface area (TPSA) is 98.2 Å². The molecule has 0 fully saturated rings. The molecule has 1 rings (SSSR count). The van der Waals surface area contributed by atoms with E-state index in [-0.39, 0.29) is 11.5 Å². The first-order valence-corrected chi connectivity index (χ1v) is 6.99. The van der Waals surface area contributed by atoms with Crippen molar-refractivity contribution in [2.45, 2.75) is 19.4 Å². The number of nitrogens with two attached hydrogens (primary N) is 2. The number of hydrogen-bond donors (Lipinski definition) is 3. The summed E-state index contributed by atoms with van der Waals surface area (Å²) in [5.74, 6) is 0. The van der Waals surface area contributed by atoms with Crippen LogP contribution in [0.5, 0.6) is 0 Å². The second-order valence-electron chi connectivity index (χ2n) is 4.45. The van der Waals surface area contributed by atoms with Gasteiger partial charge in [0.25, 0.3) is 0 Å². The van der Waals surface area contributed by atoms with E-state index in [1.54, 1.807) is 6.08 Å². The second-order valence-corrected chi connectivity index (χ2v) is 6.28. The Morgan fingerprint density at radius 2 is 2.19 bits per heavy atom. The molecule has 0 saturated heterocycles. The van der Waals surface area contributed by atoms with Gasteiger partial charge in [0.2, 0.25) is 10.0 Å². The van der Waals surface area contributed by atoms with Crippen LogP contribution in [0.3, 0.4) is 0 Å². The largest absolute Gasteiger partial charge is 0.399 e. The van der Waals surface area contributed by atoms with Crippen molar-refractivity contribution >= 4 is 10.0 Å². The molecule has 5 N–H and O–H groups in total. The normalized spacial score (nSPS) is 30.2. The van der Waals surface area contributed by atoms with E-state index < -0.39 is 10.0 Å². The minimum absolute atomic E-state index is 0.138. The third kappa shape index (κ3) is 3.62. The van der Waals surface area contributed by atoms with Gasteiger partial charge in [0.05, 0.1) is 6.26 Å². The molecule has 1 aliphatic rings. The molecule has 5 nitrogen and oxygen atoms in total. The van der Waals surface area contributed by atoms with Gasteiger partial charge in [0, 0.05) is 23.7 Å². The lowest BCUT2D eigenvalue weighted by atomic mass is 9.76. The molecule has 92 valence electrons. The van der Waals surface area contributed by atoms with E-state index in [9.17, 15) is 8.42 Å². The molecular formula is C10H19N3O2S. The Morgan fingerprint density at radius 3 is 2.75 bits per heavy atom. The molecule has 0 heterocycles. The molecule has 0 aromatic carbocycles. The first-order valence-electron chi connectivity index (χ1n) is 5.10. The van der Waals surface area contributed by atoms with Gasteiger partial charge < -0.3 is 11.5 Å². The molecule has 16 heavy (non-hydrogen) atoms. The van der Waals surface area contributed by atoms with Gasteiger partial charge in [-0.2, -0.15) is 0 Å². The second kappa shape index (κ2) is 4.57. The summed E-state index contributed by atoms with van der Waals surface area (Å²) in [6, 6.07) is -0.138. The van der Waals surface area contributed by atoms with Crippen LogP contribution in [-0.2, 0) is 10.0 Å². The lowest BCUT2D eigenvalue weighted by Gasteiger charge is -2.33. The van der Waals surface area contributed by atoms with Crippen molar-refractivity contribution in [3.63, 3.8) is 0 Å². The zero-order chi connectivity index (χ0) is 12.4. The van der Waals surface area contributed by atoms with E-state index in [2.05, 4.69) is 4.72 Å². The summed E-state index contributed by atoms with van der Waals surface area (Å²) in [6.45, 7) is 2.33. The Kier molecular flexibility index (Phi) is 3.77. The maximum absolute atomic E-state index is 10.9. The molecule has 0 saturated carbocycles. The monoisotopic (exact) mass is 245 g/mol. The lowest BCUT2D eigenvalue weighted by molar-refractivity contribution is 0.345. The fourth-order valence-electron chi connectivity index (χ4n) is 1.70. The van der Waals surface area contributed by atoms with E-state index in [4.69, 9.17) is 11.5 Å². The molecule has 2 unspecified atom stereocenters. The highest BCUT2D eigenvalue weighted by Crippen LogP contribution is 2.31. The van der Waals surface area contributed by atoms with Crippen LogP contribution in [0.1, 0.15) is 13.3 Å². The molecule has 0 spiro atoms. The maximum atomic E-state index is 10.9. The van der Waals surface area contributed by atoms with Gasteiger partial charge in [0.1, 0.15) is 0 Å². The van der Waals surface area contributed by atoms with Gasteiger partial charge >= 0.3 is 0 Å². The number of hydrogen-bond acceptors (Lipinski definition) is 4. The van der Waals surface area contributed by atoms with Crippen molar-refractivity contribution in [3.05, 3.63) is 23.9 Å². The van der Waals surface area contributed by atoms with E-state index in [1.807, 2.05) is 19.1 Å². The van der Waals surface area contributed by atoms with Crippen LogP contribution < -0.4 is 16.2 Å². The highest BCUT2D eigenvalue weighted by molar-refractivity contribution is 7.88. The summed E-state index contributed by atoms with van der Waals surface area (Å²) in [7, 11) is -3.14. The average molecular weight is 245 g/mol. The van der Waals surface area contributed by atoms with Crippen molar-refractivity contribution < 1.29 is 8.42 Å². The van der Waals surface area contributed by atoms with Crippen LogP contribution >= 0.6 is 0 Å². The molecule has 1 aliphatic carbocycles. The van der Waals surface area contributed by atoms with Crippen LogP contribution in [0.4, 0.5) is 0 Å². The smallest absolute Gasteiger partial charge is 0.208 e. The number of nitrogens with one attached hydrogen (secondary N) is 1. The average Bonchev–Trinajstić information content (AvgIpc) is 2.09. The number of allylic oxidation sites excluding steroid dienone is 1. The highest BCUT2D eigenvalue weighted by atomic mass is 32.2. The maximum Gasteiger partial charge on any atom is 0.208 e. The van der Waals surface area contributed by atoms with Crippen LogP contribution in [0, 0.1) is 5.41 Å². The van der Waals surface area contributed by atoms with Crippen LogP contribution in [0.15, 0.2) is 23.9 Å². The molecule has 0 aliphatic heterocycles. The predicted molar refractivity (Wildman–Crippen MR) is 65.0 cm³/mol. The lowest BCUT2D eigenvalue weighted by Crippen LogP contribution is -2.41. The Hall–Kier alpha value is -0.850. The van der Waals surface area contributed by atoms with Crippen molar-refractivity contribution in [2.75, 3.05) is 12.8 Å². The summed E-state index contributed by atoms with van der Waals surface area (Å²) in [6.07, 6.45) is 7.26. The minimum atomic E-state index is -3.14. The summed E-state index contributed by atoms with van der Waals surface area (Å²) < 4.78 is 24.3. The Balaban J connectivity index is 2.62. The summed E-state index contributed by atoms with van der Waals surface area (Å²) in [5.41, 5.74) is 12.0. The Bertz CT molecular complexity index is 414. The SMILES string of the molecule is CC1(CCNS(C)(=O)=O)C=C(N)C=CC1N. The molecule has 0 bridgehead atoms. The number of rotatable bonds is 4. The first-order chi connectivity index (χ1) is 7.23. The van der Waals surface area contributed by atoms with Crippen LogP contribution in [0.2, 0.25) is 0 Å². The van der Waals surface area contributed by atoms with Crippen molar-refractivity contribution in [3.8, 4) is 0 Å². The highest BCUT2D eigenvalue weighted by Gasteiger charge is 2.30. The quantitative estimate of drug-likeness (QED) is 0.631. The standard InChI is InChI=1S/C10H19N3O2S/c1-10(5-6-13-16(2,14)15)7-8(11)3-4-9(10)12/h3-4,7,9,13H,5-6,11-12H2,1-2H3. The molecule has 0 aromatic rings. The molecule has 0 radical (unpaired) electrons. The van der Waals surface area contributed by atoms with E-state index in [0.717, 1.165) is 6.26 Å². The zero-order valence-corrected chi connectivity index (χ0v) is 10.4. The van der Waals surface area contributed by atoms with Gasteiger partial charge in [-0.1, -0.05) is 19.1 Å². The summed E-state index contributed by atoms with van der Waals surface area (Å²) in [4.78, 5) is 0. The number of sulfonamides is 1. The van der Waals surface area contributed by atoms with Gasteiger partial charge in [-0.3, -0.25) is 0 Å². The zero-order valence-electron chi connectivity index (χ0n) is 9.60. The third-order valence-electron chi connectivity index (χ3n) is 2.78. The molecule has 0 amide bonds. The first kappa shape index (κ1) is 13.2. The third-order valence-corrected chi connectivity index (χ3v) is 3.51. The van der Waals surface area contributed by atoms with Gasteiger partial charge in [-0.25, -0.2) is 13.1 Å². The summed E-state index contributed by atoms with van der Waals surface area (Å²) in [5, 5.41) is 0. The molecule has 2 atom stereocenters. The fraction of sp³-hybridized carbons (Fsp3) is 0.600. The summed E-state index contributed by atoms with van der Waals surface area (Å²) >= 11 is 0. The van der Waals surface area contributed by atoms with E-state index in [1.165, 1.54) is 0 Å². The van der Waals surface area contributed by atoms with E-state index in [0.29, 0.717) is 18.7 Å². The predicted octanol–water partition coefficient (Wildman–Crippen LogP) is -0.328.